The minimum atomic E-state index is -4.93. The lowest BCUT2D eigenvalue weighted by Crippen LogP contribution is -2.44. The van der Waals surface area contributed by atoms with Crippen molar-refractivity contribution in [2.45, 2.75) is 94.8 Å². The van der Waals surface area contributed by atoms with E-state index in [2.05, 4.69) is 23.5 Å². The number of hydrogen-bond donors (Lipinski definition) is 0. The molecule has 0 aromatic heterocycles. The van der Waals surface area contributed by atoms with Gasteiger partial charge >= 0.3 is 12.5 Å². The molecule has 4 rings (SSSR count). The van der Waals surface area contributed by atoms with Crippen LogP contribution in [0.2, 0.25) is 0 Å². The molecule has 2 atom stereocenters. The van der Waals surface area contributed by atoms with Crippen LogP contribution in [0, 0.1) is 23.6 Å². The van der Waals surface area contributed by atoms with E-state index in [1.165, 1.54) is 6.07 Å². The van der Waals surface area contributed by atoms with Gasteiger partial charge in [-0.05, 0) is 99.7 Å². The largest absolute Gasteiger partial charge is 0.573 e. The monoisotopic (exact) mass is 546 g/mol. The van der Waals surface area contributed by atoms with Crippen LogP contribution < -0.4 is 4.74 Å². The highest BCUT2D eigenvalue weighted by atomic mass is 19.4. The van der Waals surface area contributed by atoms with Crippen molar-refractivity contribution in [3.05, 3.63) is 54.4 Å². The molecule has 1 aliphatic heterocycles. The van der Waals surface area contributed by atoms with Gasteiger partial charge in [0, 0.05) is 5.92 Å². The Bertz CT molecular complexity index is 938. The molecule has 1 aromatic rings. The van der Waals surface area contributed by atoms with Crippen LogP contribution in [0.5, 0.6) is 5.75 Å². The molecule has 2 saturated carbocycles. The summed E-state index contributed by atoms with van der Waals surface area (Å²) in [4.78, 5) is 0. The molecule has 0 bridgehead atoms. The molecule has 3 nitrogen and oxygen atoms in total. The van der Waals surface area contributed by atoms with Crippen molar-refractivity contribution in [1.82, 2.24) is 0 Å². The van der Waals surface area contributed by atoms with Crippen molar-refractivity contribution in [2.75, 3.05) is 6.61 Å². The average Bonchev–Trinajstić information content (AvgIpc) is 2.89. The second kappa shape index (κ2) is 12.5. The van der Waals surface area contributed by atoms with Crippen LogP contribution in [-0.2, 0) is 9.47 Å². The Morgan fingerprint density at radius 3 is 1.95 bits per heavy atom. The molecular weight excluding hydrogens is 510 g/mol. The zero-order valence-electron chi connectivity index (χ0n) is 21.4. The van der Waals surface area contributed by atoms with Gasteiger partial charge in [0.2, 0.25) is 0 Å². The van der Waals surface area contributed by atoms with E-state index in [0.717, 1.165) is 50.7 Å². The van der Waals surface area contributed by atoms with Gasteiger partial charge in [-0.3, -0.25) is 0 Å². The summed E-state index contributed by atoms with van der Waals surface area (Å²) in [6.45, 7) is 3.95. The van der Waals surface area contributed by atoms with Gasteiger partial charge < -0.3 is 14.2 Å². The Balaban J connectivity index is 1.18. The summed E-state index contributed by atoms with van der Waals surface area (Å²) >= 11 is 0. The summed E-state index contributed by atoms with van der Waals surface area (Å²) in [5.74, 6) is -0.895. The fourth-order valence-corrected chi connectivity index (χ4v) is 5.86. The molecule has 1 heterocycles. The fraction of sp³-hybridized carbons (Fsp3) is 0.655. The first kappa shape index (κ1) is 29.0. The molecule has 0 radical (unpaired) electrons. The van der Waals surface area contributed by atoms with Gasteiger partial charge in [0.1, 0.15) is 6.10 Å². The smallest absolute Gasteiger partial charge is 0.403 e. The molecule has 38 heavy (non-hydrogen) atoms. The molecule has 3 fully saturated rings. The molecule has 0 amide bonds. The Labute approximate surface area is 220 Å². The fourth-order valence-electron chi connectivity index (χ4n) is 5.86. The zero-order valence-corrected chi connectivity index (χ0v) is 21.4. The molecule has 9 heteroatoms. The molecule has 0 spiro atoms. The van der Waals surface area contributed by atoms with Crippen LogP contribution in [0.1, 0.15) is 75.7 Å². The first-order valence-corrected chi connectivity index (χ1v) is 13.6. The number of hydrogen-bond acceptors (Lipinski definition) is 3. The third-order valence-corrected chi connectivity index (χ3v) is 8.14. The second-order valence-corrected chi connectivity index (χ2v) is 10.8. The van der Waals surface area contributed by atoms with Crippen LogP contribution in [0.3, 0.4) is 0 Å². The van der Waals surface area contributed by atoms with Gasteiger partial charge in [0.15, 0.2) is 11.6 Å². The third-order valence-electron chi connectivity index (χ3n) is 8.14. The van der Waals surface area contributed by atoms with Crippen LogP contribution in [0.4, 0.5) is 26.3 Å². The normalized spacial score (nSPS) is 31.3. The third kappa shape index (κ3) is 8.01. The average molecular weight is 547 g/mol. The zero-order chi connectivity index (χ0) is 27.3. The van der Waals surface area contributed by atoms with Crippen LogP contribution in [0.25, 0.3) is 0 Å². The summed E-state index contributed by atoms with van der Waals surface area (Å²) in [6.07, 6.45) is 3.36. The summed E-state index contributed by atoms with van der Waals surface area (Å²) in [5, 5.41) is 0. The number of benzene rings is 1. The van der Waals surface area contributed by atoms with E-state index in [1.807, 2.05) is 0 Å². The van der Waals surface area contributed by atoms with Crippen LogP contribution in [-0.4, -0.2) is 31.3 Å². The van der Waals surface area contributed by atoms with Crippen molar-refractivity contribution < 1.29 is 40.6 Å². The highest BCUT2D eigenvalue weighted by molar-refractivity contribution is 5.31. The second-order valence-electron chi connectivity index (χ2n) is 10.8. The van der Waals surface area contributed by atoms with Crippen molar-refractivity contribution in [3.63, 3.8) is 0 Å². The molecule has 212 valence electrons. The van der Waals surface area contributed by atoms with E-state index in [4.69, 9.17) is 9.47 Å². The van der Waals surface area contributed by atoms with Crippen molar-refractivity contribution in [2.24, 2.45) is 17.8 Å². The number of halogens is 6. The van der Waals surface area contributed by atoms with Crippen molar-refractivity contribution in [1.29, 1.82) is 0 Å². The predicted octanol–water partition coefficient (Wildman–Crippen LogP) is 8.70. The molecule has 0 N–H and O–H groups in total. The standard InChI is InChI=1S/C29H36F6O3/c1-2-19-9-16-27(36-18-19)28(31,32)37-24-13-7-21(8-14-24)4-3-20-5-10-22(11-6-20)23-12-15-26(25(30)17-23)38-29(33,34)35/h2-4,12,15,17,19-22,24,27H,1,5-11,13-14,16,18H2/b4-3+. The van der Waals surface area contributed by atoms with E-state index in [9.17, 15) is 26.3 Å². The summed E-state index contributed by atoms with van der Waals surface area (Å²) in [6, 6.07) is 3.69. The Morgan fingerprint density at radius 1 is 0.816 bits per heavy atom. The maximum Gasteiger partial charge on any atom is 0.573 e. The Hall–Kier alpha value is -2.00. The first-order chi connectivity index (χ1) is 18.0. The number of allylic oxidation sites excluding steroid dienone is 2. The Morgan fingerprint density at radius 2 is 1.42 bits per heavy atom. The topological polar surface area (TPSA) is 27.7 Å². The lowest BCUT2D eigenvalue weighted by atomic mass is 9.78. The Kier molecular flexibility index (Phi) is 9.50. The van der Waals surface area contributed by atoms with E-state index in [0.29, 0.717) is 36.7 Å². The van der Waals surface area contributed by atoms with Gasteiger partial charge in [-0.1, -0.05) is 24.3 Å². The van der Waals surface area contributed by atoms with E-state index in [1.54, 1.807) is 6.08 Å². The maximum absolute atomic E-state index is 14.6. The first-order valence-electron chi connectivity index (χ1n) is 13.6. The van der Waals surface area contributed by atoms with Gasteiger partial charge in [-0.15, -0.1) is 19.8 Å². The van der Waals surface area contributed by atoms with Crippen molar-refractivity contribution in [3.8, 4) is 5.75 Å². The maximum atomic E-state index is 14.6. The summed E-state index contributed by atoms with van der Waals surface area (Å²) in [7, 11) is 0. The molecule has 1 aromatic carbocycles. The molecule has 2 unspecified atom stereocenters. The summed E-state index contributed by atoms with van der Waals surface area (Å²) in [5.41, 5.74) is 0.689. The van der Waals surface area contributed by atoms with Gasteiger partial charge in [-0.2, -0.15) is 8.78 Å². The van der Waals surface area contributed by atoms with Crippen LogP contribution in [0.15, 0.2) is 43.0 Å². The quantitative estimate of drug-likeness (QED) is 0.241. The lowest BCUT2D eigenvalue weighted by molar-refractivity contribution is -0.325. The predicted molar refractivity (Wildman–Crippen MR) is 131 cm³/mol. The van der Waals surface area contributed by atoms with Gasteiger partial charge in [0.25, 0.3) is 0 Å². The molecule has 1 saturated heterocycles. The molecule has 3 aliphatic rings. The highest BCUT2D eigenvalue weighted by Gasteiger charge is 2.46. The van der Waals surface area contributed by atoms with Crippen molar-refractivity contribution >= 4 is 0 Å². The highest BCUT2D eigenvalue weighted by Crippen LogP contribution is 2.40. The number of rotatable bonds is 8. The SMILES string of the molecule is C=CC1CCC(C(F)(F)OC2CCC(/C=C/C3CCC(c4ccc(OC(F)(F)F)c(F)c4)CC3)CC2)OC1. The summed E-state index contributed by atoms with van der Waals surface area (Å²) < 4.78 is 94.7. The lowest BCUT2D eigenvalue weighted by Gasteiger charge is -2.36. The van der Waals surface area contributed by atoms with Gasteiger partial charge in [0.05, 0.1) is 12.7 Å². The molecular formula is C29H36F6O3. The van der Waals surface area contributed by atoms with E-state index in [-0.39, 0.29) is 24.9 Å². The number of alkyl halides is 5. The molecule has 2 aliphatic carbocycles. The minimum Gasteiger partial charge on any atom is -0.403 e. The van der Waals surface area contributed by atoms with E-state index >= 15 is 0 Å². The van der Waals surface area contributed by atoms with E-state index < -0.39 is 36.2 Å². The number of ether oxygens (including phenoxy) is 3. The van der Waals surface area contributed by atoms with Gasteiger partial charge in [-0.25, -0.2) is 4.39 Å². The van der Waals surface area contributed by atoms with Crippen LogP contribution >= 0.6 is 0 Å². The minimum absolute atomic E-state index is 0.0964.